The molecule has 6 nitrogen and oxygen atoms in total. The summed E-state index contributed by atoms with van der Waals surface area (Å²) in [4.78, 5) is 18.6. The van der Waals surface area contributed by atoms with Crippen LogP contribution in [0.4, 0.5) is 4.39 Å². The molecule has 0 aliphatic rings. The van der Waals surface area contributed by atoms with Gasteiger partial charge in [-0.15, -0.1) is 0 Å². The van der Waals surface area contributed by atoms with Crippen LogP contribution in [0.15, 0.2) is 59.3 Å². The highest BCUT2D eigenvalue weighted by Crippen LogP contribution is 2.23. The molecule has 0 saturated heterocycles. The van der Waals surface area contributed by atoms with Gasteiger partial charge in [0.1, 0.15) is 5.82 Å². The van der Waals surface area contributed by atoms with E-state index in [4.69, 9.17) is 9.26 Å². The third kappa shape index (κ3) is 4.12. The zero-order chi connectivity index (χ0) is 18.4. The van der Waals surface area contributed by atoms with Crippen LogP contribution in [0.2, 0.25) is 0 Å². The monoisotopic (exact) mass is 355 g/mol. The van der Waals surface area contributed by atoms with Crippen LogP contribution in [0, 0.1) is 5.82 Å². The van der Waals surface area contributed by atoms with Gasteiger partial charge < -0.3 is 14.2 Å². The lowest BCUT2D eigenvalue weighted by molar-refractivity contribution is 0.0668. The topological polar surface area (TPSA) is 68.5 Å². The molecule has 7 heteroatoms. The number of benzene rings is 1. The van der Waals surface area contributed by atoms with Gasteiger partial charge in [0, 0.05) is 25.9 Å². The molecule has 2 heterocycles. The average Bonchev–Trinajstić information content (AvgIpc) is 3.15. The van der Waals surface area contributed by atoms with Crippen LogP contribution in [0.25, 0.3) is 11.3 Å². The van der Waals surface area contributed by atoms with E-state index in [-0.39, 0.29) is 22.9 Å². The third-order valence-electron chi connectivity index (χ3n) is 3.80. The molecular weight excluding hydrogens is 337 g/mol. The van der Waals surface area contributed by atoms with Gasteiger partial charge >= 0.3 is 0 Å². The van der Waals surface area contributed by atoms with Crippen LogP contribution in [-0.2, 0) is 11.3 Å². The standard InChI is InChI=1S/C19H18FN3O3/c1-25-11-10-23(13-14-6-4-5-9-21-14)19(24)17-12-18(26-22-17)15-7-2-3-8-16(15)20/h2-9,12H,10-11,13H2,1H3. The molecule has 134 valence electrons. The lowest BCUT2D eigenvalue weighted by Gasteiger charge is -2.20. The van der Waals surface area contributed by atoms with Gasteiger partial charge in [-0.05, 0) is 24.3 Å². The predicted molar refractivity (Wildman–Crippen MR) is 92.8 cm³/mol. The van der Waals surface area contributed by atoms with Crippen molar-refractivity contribution < 1.29 is 18.4 Å². The minimum atomic E-state index is -0.438. The number of carbonyl (C=O) groups excluding carboxylic acids is 1. The Morgan fingerprint density at radius 2 is 2.04 bits per heavy atom. The number of methoxy groups -OCH3 is 1. The van der Waals surface area contributed by atoms with E-state index in [9.17, 15) is 9.18 Å². The average molecular weight is 355 g/mol. The molecule has 1 amide bonds. The van der Waals surface area contributed by atoms with E-state index in [0.717, 1.165) is 5.69 Å². The smallest absolute Gasteiger partial charge is 0.276 e. The molecule has 0 spiro atoms. The fourth-order valence-corrected chi connectivity index (χ4v) is 2.47. The molecular formula is C19H18FN3O3. The Morgan fingerprint density at radius 1 is 1.23 bits per heavy atom. The van der Waals surface area contributed by atoms with Gasteiger partial charge in [-0.3, -0.25) is 9.78 Å². The van der Waals surface area contributed by atoms with Crippen molar-refractivity contribution in [3.05, 3.63) is 71.9 Å². The summed E-state index contributed by atoms with van der Waals surface area (Å²) in [6.45, 7) is 1.05. The Balaban J connectivity index is 1.81. The number of halogens is 1. The number of ether oxygens (including phenoxy) is 1. The van der Waals surface area contributed by atoms with Crippen molar-refractivity contribution in [2.45, 2.75) is 6.54 Å². The summed E-state index contributed by atoms with van der Waals surface area (Å²) in [7, 11) is 1.57. The highest BCUT2D eigenvalue weighted by Gasteiger charge is 2.21. The van der Waals surface area contributed by atoms with E-state index in [1.165, 1.54) is 12.1 Å². The van der Waals surface area contributed by atoms with Crippen molar-refractivity contribution in [2.75, 3.05) is 20.3 Å². The lowest BCUT2D eigenvalue weighted by Crippen LogP contribution is -2.34. The largest absolute Gasteiger partial charge is 0.383 e. The molecule has 0 fully saturated rings. The Hall–Kier alpha value is -3.06. The van der Waals surface area contributed by atoms with Gasteiger partial charge in [-0.2, -0.15) is 0 Å². The van der Waals surface area contributed by atoms with Gasteiger partial charge in [0.15, 0.2) is 11.5 Å². The van der Waals surface area contributed by atoms with Crippen LogP contribution in [0.1, 0.15) is 16.2 Å². The second-order valence-electron chi connectivity index (χ2n) is 5.60. The fourth-order valence-electron chi connectivity index (χ4n) is 2.47. The summed E-state index contributed by atoms with van der Waals surface area (Å²) in [5, 5.41) is 3.81. The molecule has 2 aromatic heterocycles. The second kappa shape index (κ2) is 8.35. The van der Waals surface area contributed by atoms with E-state index in [1.807, 2.05) is 18.2 Å². The van der Waals surface area contributed by atoms with E-state index in [0.29, 0.717) is 19.7 Å². The molecule has 0 radical (unpaired) electrons. The maximum absolute atomic E-state index is 13.9. The Labute approximate surface area is 150 Å². The maximum atomic E-state index is 13.9. The highest BCUT2D eigenvalue weighted by molar-refractivity contribution is 5.93. The Morgan fingerprint density at radius 3 is 2.77 bits per heavy atom. The van der Waals surface area contributed by atoms with Crippen LogP contribution in [0.3, 0.4) is 0 Å². The van der Waals surface area contributed by atoms with Crippen molar-refractivity contribution in [1.82, 2.24) is 15.0 Å². The molecule has 0 atom stereocenters. The summed E-state index contributed by atoms with van der Waals surface area (Å²) in [6.07, 6.45) is 1.67. The van der Waals surface area contributed by atoms with E-state index in [2.05, 4.69) is 10.1 Å². The van der Waals surface area contributed by atoms with Crippen LogP contribution < -0.4 is 0 Å². The van der Waals surface area contributed by atoms with E-state index < -0.39 is 5.82 Å². The van der Waals surface area contributed by atoms with Crippen LogP contribution in [0.5, 0.6) is 0 Å². The molecule has 26 heavy (non-hydrogen) atoms. The number of hydrogen-bond acceptors (Lipinski definition) is 5. The van der Waals surface area contributed by atoms with Crippen molar-refractivity contribution in [2.24, 2.45) is 0 Å². The number of hydrogen-bond donors (Lipinski definition) is 0. The fraction of sp³-hybridized carbons (Fsp3) is 0.211. The van der Waals surface area contributed by atoms with E-state index in [1.54, 1.807) is 36.4 Å². The third-order valence-corrected chi connectivity index (χ3v) is 3.80. The Kier molecular flexibility index (Phi) is 5.70. The molecule has 0 aliphatic heterocycles. The van der Waals surface area contributed by atoms with Crippen molar-refractivity contribution in [3.63, 3.8) is 0 Å². The first kappa shape index (κ1) is 17.8. The minimum Gasteiger partial charge on any atom is -0.383 e. The summed E-state index contributed by atoms with van der Waals surface area (Å²) >= 11 is 0. The van der Waals surface area contributed by atoms with Crippen LogP contribution >= 0.6 is 0 Å². The Bertz CT molecular complexity index is 867. The zero-order valence-corrected chi connectivity index (χ0v) is 14.3. The van der Waals surface area contributed by atoms with Gasteiger partial charge in [-0.1, -0.05) is 23.4 Å². The van der Waals surface area contributed by atoms with Crippen LogP contribution in [-0.4, -0.2) is 41.2 Å². The molecule has 3 aromatic rings. The number of rotatable bonds is 7. The number of amides is 1. The number of carbonyl (C=O) groups is 1. The maximum Gasteiger partial charge on any atom is 0.276 e. The first-order chi connectivity index (χ1) is 12.7. The molecule has 0 unspecified atom stereocenters. The molecule has 0 saturated carbocycles. The summed E-state index contributed by atoms with van der Waals surface area (Å²) in [5.41, 5.74) is 1.11. The minimum absolute atomic E-state index is 0.107. The number of nitrogens with zero attached hydrogens (tertiary/aromatic N) is 3. The summed E-state index contributed by atoms with van der Waals surface area (Å²) in [5.74, 6) is -0.567. The molecule has 0 bridgehead atoms. The number of pyridine rings is 1. The van der Waals surface area contributed by atoms with Crippen molar-refractivity contribution in [1.29, 1.82) is 0 Å². The second-order valence-corrected chi connectivity index (χ2v) is 5.60. The molecule has 1 aromatic carbocycles. The van der Waals surface area contributed by atoms with Gasteiger partial charge in [-0.25, -0.2) is 4.39 Å². The quantitative estimate of drug-likeness (QED) is 0.651. The molecule has 0 N–H and O–H groups in total. The van der Waals surface area contributed by atoms with Crippen molar-refractivity contribution in [3.8, 4) is 11.3 Å². The first-order valence-corrected chi connectivity index (χ1v) is 8.09. The number of aromatic nitrogens is 2. The normalized spacial score (nSPS) is 10.7. The van der Waals surface area contributed by atoms with Crippen molar-refractivity contribution >= 4 is 5.91 Å². The van der Waals surface area contributed by atoms with Gasteiger partial charge in [0.05, 0.1) is 24.4 Å². The van der Waals surface area contributed by atoms with Gasteiger partial charge in [0.25, 0.3) is 5.91 Å². The molecule has 0 aliphatic carbocycles. The lowest BCUT2D eigenvalue weighted by atomic mass is 10.1. The zero-order valence-electron chi connectivity index (χ0n) is 14.3. The summed E-state index contributed by atoms with van der Waals surface area (Å²) < 4.78 is 24.1. The van der Waals surface area contributed by atoms with E-state index >= 15 is 0 Å². The highest BCUT2D eigenvalue weighted by atomic mass is 19.1. The predicted octanol–water partition coefficient (Wildman–Crippen LogP) is 3.16. The SMILES string of the molecule is COCCN(Cc1ccccn1)C(=O)c1cc(-c2ccccc2F)on1. The van der Waals surface area contributed by atoms with Gasteiger partial charge in [0.2, 0.25) is 0 Å². The first-order valence-electron chi connectivity index (χ1n) is 8.09. The molecule has 3 rings (SSSR count). The summed E-state index contributed by atoms with van der Waals surface area (Å²) in [6, 6.07) is 13.1.